The zero-order valence-corrected chi connectivity index (χ0v) is 19.0. The SMILES string of the molecule is CC(C)CC(NC(=O)C(N)CCC(=O)O)C(=O)NC(CC(C)C)C(=O)NC(CO)C(=O)O. The first-order chi connectivity index (χ1) is 14.8. The summed E-state index contributed by atoms with van der Waals surface area (Å²) in [5.74, 6) is -4.69. The number of aliphatic hydroxyl groups is 1. The van der Waals surface area contributed by atoms with Crippen LogP contribution in [-0.2, 0) is 24.0 Å². The fourth-order valence-corrected chi connectivity index (χ4v) is 2.82. The predicted molar refractivity (Wildman–Crippen MR) is 114 cm³/mol. The minimum atomic E-state index is -1.52. The third-order valence-electron chi connectivity index (χ3n) is 4.48. The second-order valence-electron chi connectivity index (χ2n) is 8.50. The van der Waals surface area contributed by atoms with Crippen molar-refractivity contribution in [2.75, 3.05) is 6.61 Å². The Morgan fingerprint density at radius 2 is 1.16 bits per heavy atom. The molecule has 0 saturated heterocycles. The molecule has 0 aliphatic rings. The van der Waals surface area contributed by atoms with Gasteiger partial charge in [0.2, 0.25) is 17.7 Å². The van der Waals surface area contributed by atoms with Gasteiger partial charge in [-0.3, -0.25) is 19.2 Å². The van der Waals surface area contributed by atoms with Crippen molar-refractivity contribution in [3.05, 3.63) is 0 Å². The first-order valence-electron chi connectivity index (χ1n) is 10.5. The highest BCUT2D eigenvalue weighted by molar-refractivity contribution is 5.94. The highest BCUT2D eigenvalue weighted by Gasteiger charge is 2.31. The van der Waals surface area contributed by atoms with Gasteiger partial charge in [-0.15, -0.1) is 0 Å². The second kappa shape index (κ2) is 14.4. The molecule has 3 amide bonds. The van der Waals surface area contributed by atoms with Gasteiger partial charge in [-0.2, -0.15) is 0 Å². The fourth-order valence-electron chi connectivity index (χ4n) is 2.82. The lowest BCUT2D eigenvalue weighted by Gasteiger charge is -2.26. The zero-order valence-electron chi connectivity index (χ0n) is 19.0. The number of carboxylic acids is 2. The van der Waals surface area contributed by atoms with Crippen LogP contribution in [0.2, 0.25) is 0 Å². The van der Waals surface area contributed by atoms with Crippen LogP contribution < -0.4 is 21.7 Å². The Morgan fingerprint density at radius 1 is 0.750 bits per heavy atom. The maximum Gasteiger partial charge on any atom is 0.328 e. The van der Waals surface area contributed by atoms with Crippen LogP contribution in [0.1, 0.15) is 53.4 Å². The van der Waals surface area contributed by atoms with Crippen LogP contribution >= 0.6 is 0 Å². The minimum Gasteiger partial charge on any atom is -0.481 e. The number of nitrogens with two attached hydrogens (primary N) is 1. The third kappa shape index (κ3) is 11.6. The van der Waals surface area contributed by atoms with E-state index >= 15 is 0 Å². The van der Waals surface area contributed by atoms with E-state index in [0.717, 1.165) is 0 Å². The molecule has 0 spiro atoms. The molecule has 0 aromatic rings. The molecule has 4 atom stereocenters. The minimum absolute atomic E-state index is 0.00977. The normalized spacial score (nSPS) is 14.9. The highest BCUT2D eigenvalue weighted by Crippen LogP contribution is 2.10. The summed E-state index contributed by atoms with van der Waals surface area (Å²) in [6.45, 7) is 6.45. The van der Waals surface area contributed by atoms with E-state index < -0.39 is 60.4 Å². The number of aliphatic carboxylic acids is 2. The van der Waals surface area contributed by atoms with Gasteiger partial charge in [0, 0.05) is 6.42 Å². The van der Waals surface area contributed by atoms with Gasteiger partial charge in [-0.25, -0.2) is 4.79 Å². The number of amides is 3. The van der Waals surface area contributed by atoms with Crippen molar-refractivity contribution in [3.63, 3.8) is 0 Å². The summed E-state index contributed by atoms with van der Waals surface area (Å²) in [7, 11) is 0. The molecule has 12 heteroatoms. The number of hydrogen-bond acceptors (Lipinski definition) is 7. The van der Waals surface area contributed by atoms with Gasteiger partial charge in [-0.1, -0.05) is 27.7 Å². The molecule has 12 nitrogen and oxygen atoms in total. The zero-order chi connectivity index (χ0) is 25.0. The first kappa shape index (κ1) is 29.3. The smallest absolute Gasteiger partial charge is 0.328 e. The fraction of sp³-hybridized carbons (Fsp3) is 0.750. The van der Waals surface area contributed by atoms with Gasteiger partial charge in [-0.05, 0) is 31.1 Å². The van der Waals surface area contributed by atoms with Gasteiger partial charge in [0.25, 0.3) is 0 Å². The van der Waals surface area contributed by atoms with Crippen LogP contribution in [0.5, 0.6) is 0 Å². The molecule has 0 fully saturated rings. The molecule has 32 heavy (non-hydrogen) atoms. The molecule has 0 aliphatic heterocycles. The molecule has 0 bridgehead atoms. The van der Waals surface area contributed by atoms with E-state index in [-0.39, 0.29) is 37.5 Å². The highest BCUT2D eigenvalue weighted by atomic mass is 16.4. The molecule has 0 aromatic carbocycles. The Balaban J connectivity index is 5.39. The molecule has 0 heterocycles. The number of hydrogen-bond donors (Lipinski definition) is 7. The summed E-state index contributed by atoms with van der Waals surface area (Å²) >= 11 is 0. The van der Waals surface area contributed by atoms with E-state index in [2.05, 4.69) is 16.0 Å². The Kier molecular flexibility index (Phi) is 13.1. The summed E-state index contributed by atoms with van der Waals surface area (Å²) < 4.78 is 0. The van der Waals surface area contributed by atoms with E-state index in [1.54, 1.807) is 0 Å². The molecular formula is C20H36N4O8. The van der Waals surface area contributed by atoms with Crippen LogP contribution in [-0.4, -0.2) is 75.8 Å². The number of nitrogens with one attached hydrogen (secondary N) is 3. The average molecular weight is 461 g/mol. The second-order valence-corrected chi connectivity index (χ2v) is 8.50. The quantitative estimate of drug-likeness (QED) is 0.156. The van der Waals surface area contributed by atoms with Crippen LogP contribution in [0.15, 0.2) is 0 Å². The maximum absolute atomic E-state index is 12.9. The van der Waals surface area contributed by atoms with Crippen LogP contribution in [0.25, 0.3) is 0 Å². The number of aliphatic hydroxyl groups excluding tert-OH is 1. The van der Waals surface area contributed by atoms with E-state index in [1.807, 2.05) is 27.7 Å². The van der Waals surface area contributed by atoms with Crippen molar-refractivity contribution in [1.82, 2.24) is 16.0 Å². The van der Waals surface area contributed by atoms with Crippen molar-refractivity contribution >= 4 is 29.7 Å². The summed E-state index contributed by atoms with van der Waals surface area (Å²) in [5, 5.41) is 34.1. The molecule has 0 radical (unpaired) electrons. The molecule has 0 aromatic heterocycles. The lowest BCUT2D eigenvalue weighted by molar-refractivity contribution is -0.143. The van der Waals surface area contributed by atoms with Gasteiger partial charge in [0.15, 0.2) is 0 Å². The van der Waals surface area contributed by atoms with Crippen molar-refractivity contribution in [3.8, 4) is 0 Å². The Bertz CT molecular complexity index is 668. The number of carboxylic acid groups (broad SMARTS) is 2. The number of carbonyl (C=O) groups is 5. The van der Waals surface area contributed by atoms with E-state index in [4.69, 9.17) is 21.1 Å². The van der Waals surface area contributed by atoms with E-state index in [0.29, 0.717) is 0 Å². The van der Waals surface area contributed by atoms with Crippen LogP contribution in [0, 0.1) is 11.8 Å². The lowest BCUT2D eigenvalue weighted by atomic mass is 9.99. The van der Waals surface area contributed by atoms with Crippen LogP contribution in [0.3, 0.4) is 0 Å². The molecule has 0 aliphatic carbocycles. The summed E-state index contributed by atoms with van der Waals surface area (Å²) in [6.07, 6.45) is 0.0125. The largest absolute Gasteiger partial charge is 0.481 e. The molecule has 8 N–H and O–H groups in total. The predicted octanol–water partition coefficient (Wildman–Crippen LogP) is -1.20. The maximum atomic E-state index is 12.9. The van der Waals surface area contributed by atoms with Crippen molar-refractivity contribution in [1.29, 1.82) is 0 Å². The van der Waals surface area contributed by atoms with Crippen molar-refractivity contribution in [2.45, 2.75) is 77.5 Å². The average Bonchev–Trinajstić information content (AvgIpc) is 2.67. The topological polar surface area (TPSA) is 208 Å². The molecule has 0 saturated carbocycles. The standard InChI is InChI=1S/C20H36N4O8/c1-10(2)7-13(22-17(28)12(21)5-6-16(26)27)18(29)23-14(8-11(3)4)19(30)24-15(9-25)20(31)32/h10-15,25H,5-9,21H2,1-4H3,(H,22,28)(H,23,29)(H,24,30)(H,26,27)(H,31,32). The Morgan fingerprint density at radius 3 is 1.50 bits per heavy atom. The summed E-state index contributed by atoms with van der Waals surface area (Å²) in [6, 6.07) is -4.77. The lowest BCUT2D eigenvalue weighted by Crippen LogP contribution is -2.58. The van der Waals surface area contributed by atoms with Gasteiger partial charge in [0.05, 0.1) is 12.6 Å². The number of carbonyl (C=O) groups excluding carboxylic acids is 3. The van der Waals surface area contributed by atoms with Crippen molar-refractivity contribution < 1.29 is 39.3 Å². The summed E-state index contributed by atoms with van der Waals surface area (Å²) in [5.41, 5.74) is 5.71. The molecule has 0 rings (SSSR count). The van der Waals surface area contributed by atoms with E-state index in [9.17, 15) is 24.0 Å². The molecule has 4 unspecified atom stereocenters. The molecule has 184 valence electrons. The van der Waals surface area contributed by atoms with Crippen molar-refractivity contribution in [2.24, 2.45) is 17.6 Å². The summed E-state index contributed by atoms with van der Waals surface area (Å²) in [4.78, 5) is 59.5. The Labute approximate surface area is 187 Å². The Hall–Kier alpha value is -2.73. The van der Waals surface area contributed by atoms with Gasteiger partial charge in [0.1, 0.15) is 18.1 Å². The first-order valence-corrected chi connectivity index (χ1v) is 10.5. The van der Waals surface area contributed by atoms with Gasteiger partial charge < -0.3 is 37.0 Å². The van der Waals surface area contributed by atoms with Gasteiger partial charge >= 0.3 is 11.9 Å². The number of rotatable bonds is 15. The van der Waals surface area contributed by atoms with E-state index in [1.165, 1.54) is 0 Å². The monoisotopic (exact) mass is 460 g/mol. The van der Waals surface area contributed by atoms with Crippen LogP contribution in [0.4, 0.5) is 0 Å². The molecular weight excluding hydrogens is 424 g/mol. The third-order valence-corrected chi connectivity index (χ3v) is 4.48.